The van der Waals surface area contributed by atoms with Crippen LogP contribution in [0.4, 0.5) is 0 Å². The zero-order valence-electron chi connectivity index (χ0n) is 9.34. The summed E-state index contributed by atoms with van der Waals surface area (Å²) >= 11 is 0. The number of hydrogen-bond acceptors (Lipinski definition) is 5. The van der Waals surface area contributed by atoms with E-state index in [0.29, 0.717) is 11.7 Å². The van der Waals surface area contributed by atoms with Gasteiger partial charge in [-0.2, -0.15) is 4.98 Å². The first-order chi connectivity index (χ1) is 7.72. The molecule has 0 saturated carbocycles. The molecule has 2 N–H and O–H groups in total. The lowest BCUT2D eigenvalue weighted by molar-refractivity contribution is 0.352. The smallest absolute Gasteiger partial charge is 0.243 e. The van der Waals surface area contributed by atoms with Crippen LogP contribution in [0.3, 0.4) is 0 Å². The Hall–Kier alpha value is -1.75. The molecular formula is C11H14N4O. The predicted molar refractivity (Wildman–Crippen MR) is 59.5 cm³/mol. The fourth-order valence-corrected chi connectivity index (χ4v) is 1.37. The van der Waals surface area contributed by atoms with Gasteiger partial charge in [0.1, 0.15) is 0 Å². The molecule has 0 aliphatic heterocycles. The van der Waals surface area contributed by atoms with Crippen LogP contribution in [0, 0.1) is 6.92 Å². The predicted octanol–water partition coefficient (Wildman–Crippen LogP) is 1.85. The van der Waals surface area contributed by atoms with Crippen LogP contribution in [0.5, 0.6) is 0 Å². The molecule has 1 atom stereocenters. The highest BCUT2D eigenvalue weighted by molar-refractivity contribution is 5.57. The number of pyridine rings is 1. The summed E-state index contributed by atoms with van der Waals surface area (Å²) in [5, 5.41) is 3.91. The summed E-state index contributed by atoms with van der Waals surface area (Å²) in [7, 11) is 0. The van der Waals surface area contributed by atoms with Gasteiger partial charge in [0.05, 0.1) is 6.04 Å². The Bertz CT molecular complexity index is 480. The van der Waals surface area contributed by atoms with Gasteiger partial charge in [0, 0.05) is 18.0 Å². The van der Waals surface area contributed by atoms with E-state index >= 15 is 0 Å². The highest BCUT2D eigenvalue weighted by atomic mass is 16.5. The van der Waals surface area contributed by atoms with Gasteiger partial charge in [-0.1, -0.05) is 12.1 Å². The van der Waals surface area contributed by atoms with E-state index in [-0.39, 0.29) is 6.04 Å². The molecule has 84 valence electrons. The molecule has 2 aromatic heterocycles. The maximum absolute atomic E-state index is 5.81. The molecule has 0 saturated heterocycles. The van der Waals surface area contributed by atoms with Crippen LogP contribution in [0.15, 0.2) is 23.0 Å². The molecule has 0 spiro atoms. The van der Waals surface area contributed by atoms with Crippen molar-refractivity contribution in [3.05, 3.63) is 29.9 Å². The van der Waals surface area contributed by atoms with Gasteiger partial charge in [0.25, 0.3) is 0 Å². The second-order valence-electron chi connectivity index (χ2n) is 3.66. The van der Waals surface area contributed by atoms with Crippen molar-refractivity contribution in [2.24, 2.45) is 5.73 Å². The first-order valence-corrected chi connectivity index (χ1v) is 5.22. The van der Waals surface area contributed by atoms with Crippen molar-refractivity contribution in [3.8, 4) is 11.4 Å². The molecule has 5 heteroatoms. The van der Waals surface area contributed by atoms with E-state index in [1.165, 1.54) is 0 Å². The second kappa shape index (κ2) is 4.40. The SMILES string of the molecule is CCC(N)c1nc(-c2cnccc2C)no1. The van der Waals surface area contributed by atoms with Gasteiger partial charge in [-0.05, 0) is 25.0 Å². The summed E-state index contributed by atoms with van der Waals surface area (Å²) in [5.41, 5.74) is 7.75. The van der Waals surface area contributed by atoms with Crippen LogP contribution in [-0.2, 0) is 0 Å². The molecule has 16 heavy (non-hydrogen) atoms. The number of aromatic nitrogens is 3. The zero-order valence-corrected chi connectivity index (χ0v) is 9.34. The quantitative estimate of drug-likeness (QED) is 0.850. The molecule has 5 nitrogen and oxygen atoms in total. The highest BCUT2D eigenvalue weighted by Gasteiger charge is 2.14. The van der Waals surface area contributed by atoms with E-state index in [9.17, 15) is 0 Å². The lowest BCUT2D eigenvalue weighted by atomic mass is 10.1. The molecule has 1 unspecified atom stereocenters. The van der Waals surface area contributed by atoms with Crippen molar-refractivity contribution in [1.29, 1.82) is 0 Å². The van der Waals surface area contributed by atoms with Crippen LogP contribution in [-0.4, -0.2) is 15.1 Å². The molecular weight excluding hydrogens is 204 g/mol. The molecule has 0 aliphatic rings. The first-order valence-electron chi connectivity index (χ1n) is 5.22. The third kappa shape index (κ3) is 1.94. The topological polar surface area (TPSA) is 77.8 Å². The summed E-state index contributed by atoms with van der Waals surface area (Å²) in [4.78, 5) is 8.31. The molecule has 0 amide bonds. The summed E-state index contributed by atoms with van der Waals surface area (Å²) < 4.78 is 5.11. The van der Waals surface area contributed by atoms with Crippen molar-refractivity contribution < 1.29 is 4.52 Å². The Labute approximate surface area is 93.7 Å². The second-order valence-corrected chi connectivity index (χ2v) is 3.66. The van der Waals surface area contributed by atoms with E-state index < -0.39 is 0 Å². The standard InChI is InChI=1S/C11H14N4O/c1-3-9(12)11-14-10(15-16-11)8-6-13-5-4-7(8)2/h4-6,9H,3,12H2,1-2H3. The summed E-state index contributed by atoms with van der Waals surface area (Å²) in [6.07, 6.45) is 4.23. The molecule has 2 aromatic rings. The number of nitrogens with zero attached hydrogens (tertiary/aromatic N) is 3. The molecule has 0 fully saturated rings. The van der Waals surface area contributed by atoms with Crippen LogP contribution >= 0.6 is 0 Å². The van der Waals surface area contributed by atoms with Gasteiger partial charge in [-0.25, -0.2) is 0 Å². The van der Waals surface area contributed by atoms with E-state index in [1.54, 1.807) is 12.4 Å². The van der Waals surface area contributed by atoms with E-state index in [4.69, 9.17) is 10.3 Å². The third-order valence-electron chi connectivity index (χ3n) is 2.48. The van der Waals surface area contributed by atoms with Crippen LogP contribution < -0.4 is 5.73 Å². The minimum absolute atomic E-state index is 0.196. The lowest BCUT2D eigenvalue weighted by Crippen LogP contribution is -2.08. The van der Waals surface area contributed by atoms with Crippen molar-refractivity contribution in [1.82, 2.24) is 15.1 Å². The summed E-state index contributed by atoms with van der Waals surface area (Å²) in [6, 6.07) is 1.71. The van der Waals surface area contributed by atoms with Gasteiger partial charge in [0.15, 0.2) is 0 Å². The lowest BCUT2D eigenvalue weighted by Gasteiger charge is -2.00. The molecule has 0 bridgehead atoms. The molecule has 2 rings (SSSR count). The number of rotatable bonds is 3. The van der Waals surface area contributed by atoms with Crippen molar-refractivity contribution in [2.75, 3.05) is 0 Å². The Morgan fingerprint density at radius 3 is 3.00 bits per heavy atom. The molecule has 0 aliphatic carbocycles. The number of nitrogens with two attached hydrogens (primary N) is 1. The third-order valence-corrected chi connectivity index (χ3v) is 2.48. The zero-order chi connectivity index (χ0) is 11.5. The van der Waals surface area contributed by atoms with Gasteiger partial charge in [-0.15, -0.1) is 0 Å². The summed E-state index contributed by atoms with van der Waals surface area (Å²) in [6.45, 7) is 3.96. The number of hydrogen-bond donors (Lipinski definition) is 1. The maximum Gasteiger partial charge on any atom is 0.243 e. The van der Waals surface area contributed by atoms with E-state index in [2.05, 4.69) is 15.1 Å². The highest BCUT2D eigenvalue weighted by Crippen LogP contribution is 2.20. The van der Waals surface area contributed by atoms with E-state index in [1.807, 2.05) is 19.9 Å². The minimum Gasteiger partial charge on any atom is -0.337 e. The first kappa shape index (κ1) is 10.8. The maximum atomic E-state index is 5.81. The Balaban J connectivity index is 2.35. The summed E-state index contributed by atoms with van der Waals surface area (Å²) in [5.74, 6) is 1.02. The van der Waals surface area contributed by atoms with Gasteiger partial charge in [0.2, 0.25) is 11.7 Å². The average molecular weight is 218 g/mol. The van der Waals surface area contributed by atoms with Crippen LogP contribution in [0.1, 0.15) is 30.8 Å². The fourth-order valence-electron chi connectivity index (χ4n) is 1.37. The Morgan fingerprint density at radius 1 is 1.50 bits per heavy atom. The van der Waals surface area contributed by atoms with E-state index in [0.717, 1.165) is 17.5 Å². The molecule has 0 radical (unpaired) electrons. The Morgan fingerprint density at radius 2 is 2.31 bits per heavy atom. The molecule has 2 heterocycles. The Kier molecular flexibility index (Phi) is 2.96. The monoisotopic (exact) mass is 218 g/mol. The van der Waals surface area contributed by atoms with Crippen LogP contribution in [0.2, 0.25) is 0 Å². The van der Waals surface area contributed by atoms with Gasteiger partial charge < -0.3 is 10.3 Å². The van der Waals surface area contributed by atoms with Crippen molar-refractivity contribution >= 4 is 0 Å². The van der Waals surface area contributed by atoms with Gasteiger partial charge in [-0.3, -0.25) is 4.98 Å². The van der Waals surface area contributed by atoms with Crippen molar-refractivity contribution in [3.63, 3.8) is 0 Å². The van der Waals surface area contributed by atoms with Gasteiger partial charge >= 0.3 is 0 Å². The number of aryl methyl sites for hydroxylation is 1. The average Bonchev–Trinajstić information content (AvgIpc) is 2.78. The largest absolute Gasteiger partial charge is 0.337 e. The normalized spacial score (nSPS) is 12.7. The fraction of sp³-hybridized carbons (Fsp3) is 0.364. The molecule has 0 aromatic carbocycles. The van der Waals surface area contributed by atoms with Crippen LogP contribution in [0.25, 0.3) is 11.4 Å². The minimum atomic E-state index is -0.196. The van der Waals surface area contributed by atoms with Crippen molar-refractivity contribution in [2.45, 2.75) is 26.3 Å².